The maximum absolute atomic E-state index is 13.8. The van der Waals surface area contributed by atoms with Gasteiger partial charge in [-0.2, -0.15) is 0 Å². The van der Waals surface area contributed by atoms with E-state index in [4.69, 9.17) is 33.2 Å². The number of ether oxygens (including phenoxy) is 8. The molecule has 4 aliphatic heterocycles. The summed E-state index contributed by atoms with van der Waals surface area (Å²) >= 11 is 6.22. The molecule has 0 aromatic heterocycles. The van der Waals surface area contributed by atoms with Crippen molar-refractivity contribution in [2.45, 2.75) is 220 Å². The van der Waals surface area contributed by atoms with Crippen LogP contribution in [0.1, 0.15) is 190 Å². The Kier molecular flexibility index (Phi) is 44.3. The zero-order valence-electron chi connectivity index (χ0n) is 74.5. The summed E-state index contributed by atoms with van der Waals surface area (Å²) in [6.45, 7) is 27.8. The van der Waals surface area contributed by atoms with Crippen molar-refractivity contribution in [2.75, 3.05) is 95.5 Å². The number of esters is 6. The van der Waals surface area contributed by atoms with E-state index in [1.54, 1.807) is 32.1 Å². The fourth-order valence-corrected chi connectivity index (χ4v) is 20.2. The second-order valence-corrected chi connectivity index (χ2v) is 38.2. The minimum Gasteiger partial charge on any atom is -0.490 e. The number of nitrogens with one attached hydrogen (secondary N) is 1. The zero-order chi connectivity index (χ0) is 92.3. The predicted molar refractivity (Wildman–Crippen MR) is 484 cm³/mol. The van der Waals surface area contributed by atoms with Crippen LogP contribution in [-0.2, 0) is 57.2 Å². The Bertz CT molecular complexity index is 4420. The molecule has 0 amide bonds. The molecule has 6 aromatic carbocycles. The van der Waals surface area contributed by atoms with Gasteiger partial charge < -0.3 is 57.9 Å². The summed E-state index contributed by atoms with van der Waals surface area (Å²) in [5, 5.41) is 4.78. The van der Waals surface area contributed by atoms with E-state index in [9.17, 15) is 63.9 Å². The van der Waals surface area contributed by atoms with E-state index in [1.807, 2.05) is 35.5 Å². The van der Waals surface area contributed by atoms with Crippen LogP contribution in [0.15, 0.2) is 131 Å². The standard InChI is InChI=1S/C30H43O2P.C20H25F2NO4.C13H14BrF2NO2.C13H15F2NO2.C7H13NO2.C7H12O2.C6H3BrF2/c1-22(2)31-27-19-13-20-28(32-23(3)4)30(27)26-18-11-12-21-29(26)33(24-14-7-5-8-15-24)25-16-9-6-10-17-25;1-20(2,3)27-18(24)6-5-14-11-15(21)16(22)12-17(14)23-9-7-13(8-10-23)19(25)26-4;1-19-13(18)8-2-4-17(5-3-8)12-7-11(16)10(15)6-9(12)14;1-18-13(17)9-4-6-16(7-5-9)10-2-3-11(14)12(15)8-10;1-10-7(9)6-2-4-8-5-3-6;1-5-6(8)9-7(2,3)4;7-4-1-2-5(8)6(9)3-4/h11-13,18-25H,5-10,14-17H2,1-4H3;5-6,11-13H,7-10H2,1-4H3;6-8H,2-5H2,1H3;2-3,8-9H,4-7H2,1H3;6,8H,2-5H2,1H3;5H,1H2,2-4H3;1-3H/b;6-5+;;;;;. The summed E-state index contributed by atoms with van der Waals surface area (Å²) < 4.78 is 147. The molecule has 4 saturated heterocycles. The van der Waals surface area contributed by atoms with Crippen LogP contribution in [-0.4, -0.2) is 151 Å². The lowest BCUT2D eigenvalue weighted by Crippen LogP contribution is -2.37. The van der Waals surface area contributed by atoms with Crippen LogP contribution in [0.3, 0.4) is 0 Å². The first-order chi connectivity index (χ1) is 59.3. The lowest BCUT2D eigenvalue weighted by Gasteiger charge is -2.39. The number of benzene rings is 6. The number of hydrogen-bond acceptors (Lipinski definition) is 18. The third-order valence-electron chi connectivity index (χ3n) is 21.3. The Labute approximate surface area is 751 Å². The molecule has 0 spiro atoms. The molecular weight excluding hydrogens is 1780 g/mol. The van der Waals surface area contributed by atoms with Crippen molar-refractivity contribution in [1.29, 1.82) is 0 Å². The van der Waals surface area contributed by atoms with E-state index in [0.29, 0.717) is 109 Å². The number of methoxy groups -OCH3 is 4. The third-order valence-corrected chi connectivity index (χ3v) is 26.0. The number of anilines is 3. The number of carbonyl (C=O) groups is 6. The van der Waals surface area contributed by atoms with Gasteiger partial charge in [0.1, 0.15) is 22.7 Å². The summed E-state index contributed by atoms with van der Waals surface area (Å²) in [5.74, 6) is -7.02. The highest BCUT2D eigenvalue weighted by Crippen LogP contribution is 2.57. The van der Waals surface area contributed by atoms with Crippen molar-refractivity contribution in [1.82, 2.24) is 5.32 Å². The molecule has 29 heteroatoms. The van der Waals surface area contributed by atoms with Crippen molar-refractivity contribution in [3.63, 3.8) is 0 Å². The molecule has 0 radical (unpaired) electrons. The highest BCUT2D eigenvalue weighted by molar-refractivity contribution is 9.10. The molecule has 2 aliphatic carbocycles. The van der Waals surface area contributed by atoms with Crippen LogP contribution in [0.4, 0.5) is 52.2 Å². The van der Waals surface area contributed by atoms with Crippen LogP contribution in [0.2, 0.25) is 0 Å². The van der Waals surface area contributed by atoms with Crippen LogP contribution >= 0.6 is 39.8 Å². The second kappa shape index (κ2) is 52.6. The van der Waals surface area contributed by atoms with Crippen molar-refractivity contribution >= 4 is 104 Å². The van der Waals surface area contributed by atoms with Gasteiger partial charge in [-0.25, -0.2) is 44.7 Å². The summed E-state index contributed by atoms with van der Waals surface area (Å²) in [6, 6.07) is 27.5. The SMILES string of the molecule is C=CC(=O)OC(C)(C)C.CC(C)Oc1cccc(OC(C)C)c1-c1ccccc1P(C1CCCCC1)C1CCCCC1.COC(=O)C1CCN(c2cc(F)c(F)cc2/C=C/C(=O)OC(C)(C)C)CC1.COC(=O)C1CCN(c2cc(F)c(F)cc2Br)CC1.COC(=O)C1CCN(c2ccc(F)c(F)c2)CC1.COC(=O)C1CCNCC1.Fc1ccc(Br)cc1F. The maximum Gasteiger partial charge on any atom is 0.331 e. The number of rotatable bonds is 18. The third kappa shape index (κ3) is 35.2. The number of carbonyl (C=O) groups excluding carboxylic acids is 6. The average molecular weight is 1900 g/mol. The van der Waals surface area contributed by atoms with E-state index in [-0.39, 0.29) is 73.6 Å². The first-order valence-corrected chi connectivity index (χ1v) is 45.9. The fraction of sp³-hybridized carbons (Fsp3) is 0.521. The van der Waals surface area contributed by atoms with Gasteiger partial charge in [0.15, 0.2) is 46.5 Å². The summed E-state index contributed by atoms with van der Waals surface area (Å²) in [6.07, 6.45) is 23.8. The van der Waals surface area contributed by atoms with Gasteiger partial charge in [-0.3, -0.25) is 19.2 Å². The lowest BCUT2D eigenvalue weighted by molar-refractivity contribution is -0.149. The molecule has 4 heterocycles. The number of halogens is 10. The molecule has 6 fully saturated rings. The van der Waals surface area contributed by atoms with Gasteiger partial charge in [-0.1, -0.05) is 99.3 Å². The maximum atomic E-state index is 13.8. The van der Waals surface area contributed by atoms with E-state index < -0.39 is 63.7 Å². The van der Waals surface area contributed by atoms with E-state index in [0.717, 1.165) is 96.8 Å². The molecular formula is C96H125Br2F8N4O14P. The monoisotopic (exact) mass is 1900 g/mol. The smallest absolute Gasteiger partial charge is 0.331 e. The quantitative estimate of drug-likeness (QED) is 0.0213. The van der Waals surface area contributed by atoms with Gasteiger partial charge in [0.05, 0.1) is 75.6 Å². The normalized spacial score (nSPS) is 16.3. The van der Waals surface area contributed by atoms with E-state index in [1.165, 1.54) is 129 Å². The van der Waals surface area contributed by atoms with Crippen molar-refractivity contribution < 1.29 is 102 Å². The van der Waals surface area contributed by atoms with Gasteiger partial charge in [0, 0.05) is 95.5 Å². The topological polar surface area (TPSA) is 198 Å². The zero-order valence-corrected chi connectivity index (χ0v) is 78.6. The van der Waals surface area contributed by atoms with Crippen molar-refractivity contribution in [3.05, 3.63) is 183 Å². The molecule has 18 nitrogen and oxygen atoms in total. The molecule has 6 aromatic rings. The Morgan fingerprint density at radius 1 is 0.448 bits per heavy atom. The van der Waals surface area contributed by atoms with Gasteiger partial charge in [-0.15, -0.1) is 0 Å². The Hall–Kier alpha value is -8.59. The highest BCUT2D eigenvalue weighted by atomic mass is 79.9. The summed E-state index contributed by atoms with van der Waals surface area (Å²) in [5.41, 5.74) is 5.31. The lowest BCUT2D eigenvalue weighted by atomic mass is 9.96. The van der Waals surface area contributed by atoms with Crippen molar-refractivity contribution in [3.8, 4) is 22.6 Å². The van der Waals surface area contributed by atoms with Crippen LogP contribution in [0.25, 0.3) is 17.2 Å². The van der Waals surface area contributed by atoms with Gasteiger partial charge in [0.25, 0.3) is 0 Å². The minimum atomic E-state index is -0.993. The largest absolute Gasteiger partial charge is 0.490 e. The molecule has 6 aliphatic rings. The molecule has 12 rings (SSSR count). The van der Waals surface area contributed by atoms with Gasteiger partial charge in [0.2, 0.25) is 0 Å². The summed E-state index contributed by atoms with van der Waals surface area (Å²) in [7, 11) is 5.34. The van der Waals surface area contributed by atoms with Crippen LogP contribution in [0, 0.1) is 70.2 Å². The highest BCUT2D eigenvalue weighted by Gasteiger charge is 2.36. The minimum absolute atomic E-state index is 0.0542. The first-order valence-electron chi connectivity index (χ1n) is 42.9. The average Bonchev–Trinajstić information content (AvgIpc) is 0.765. The number of hydrogen-bond donors (Lipinski definition) is 1. The number of piperidine rings is 4. The van der Waals surface area contributed by atoms with Gasteiger partial charge in [-0.05, 0) is 258 Å². The molecule has 2 saturated carbocycles. The molecule has 0 atom stereocenters. The molecule has 1 N–H and O–H groups in total. The Morgan fingerprint density at radius 3 is 1.26 bits per heavy atom. The molecule has 688 valence electrons. The summed E-state index contributed by atoms with van der Waals surface area (Å²) in [4.78, 5) is 73.5. The predicted octanol–water partition coefficient (Wildman–Crippen LogP) is 22.3. The molecule has 125 heavy (non-hydrogen) atoms. The van der Waals surface area contributed by atoms with Gasteiger partial charge >= 0.3 is 35.8 Å². The second-order valence-electron chi connectivity index (χ2n) is 33.7. The van der Waals surface area contributed by atoms with Crippen LogP contribution < -0.4 is 34.8 Å². The van der Waals surface area contributed by atoms with Crippen molar-refractivity contribution in [2.24, 2.45) is 23.7 Å². The number of nitrogens with zero attached hydrogens (tertiary/aromatic N) is 3. The van der Waals surface area contributed by atoms with E-state index in [2.05, 4.69) is 119 Å². The molecule has 0 bridgehead atoms. The fourth-order valence-electron chi connectivity index (χ4n) is 15.3. The molecule has 0 unspecified atom stereocenters. The van der Waals surface area contributed by atoms with Crippen LogP contribution in [0.5, 0.6) is 11.5 Å². The van der Waals surface area contributed by atoms with E-state index >= 15 is 0 Å². The first kappa shape index (κ1) is 105. The Balaban J connectivity index is 0.000000237. The Morgan fingerprint density at radius 2 is 0.840 bits per heavy atom.